The second-order valence-corrected chi connectivity index (χ2v) is 7.00. The summed E-state index contributed by atoms with van der Waals surface area (Å²) in [6.07, 6.45) is 0. The van der Waals surface area contributed by atoms with Crippen molar-refractivity contribution in [1.82, 2.24) is 0 Å². The van der Waals surface area contributed by atoms with Gasteiger partial charge in [0.25, 0.3) is 0 Å². The maximum absolute atomic E-state index is 6.71. The Kier molecular flexibility index (Phi) is 6.06. The molecule has 1 atom stereocenters. The molecule has 0 aliphatic heterocycles. The van der Waals surface area contributed by atoms with E-state index in [-0.39, 0.29) is 0 Å². The molecule has 2 heteroatoms. The minimum Gasteiger partial charge on any atom is -0.361 e. The van der Waals surface area contributed by atoms with Crippen molar-refractivity contribution in [2.24, 2.45) is 5.92 Å². The van der Waals surface area contributed by atoms with E-state index in [0.717, 1.165) is 22.0 Å². The lowest BCUT2D eigenvalue weighted by atomic mass is 9.80. The highest BCUT2D eigenvalue weighted by atomic mass is 79.9. The number of rotatable bonds is 7. The van der Waals surface area contributed by atoms with Gasteiger partial charge in [0.15, 0.2) is 0 Å². The summed E-state index contributed by atoms with van der Waals surface area (Å²) in [6, 6.07) is 31.5. The number of ether oxygens (including phenoxy) is 1. The predicted molar refractivity (Wildman–Crippen MR) is 108 cm³/mol. The summed E-state index contributed by atoms with van der Waals surface area (Å²) in [5.41, 5.74) is 2.83. The van der Waals surface area contributed by atoms with Crippen LogP contribution in [0.3, 0.4) is 0 Å². The van der Waals surface area contributed by atoms with Crippen molar-refractivity contribution < 1.29 is 4.74 Å². The van der Waals surface area contributed by atoms with Crippen LogP contribution in [0, 0.1) is 5.92 Å². The molecule has 0 N–H and O–H groups in total. The lowest BCUT2D eigenvalue weighted by Crippen LogP contribution is -2.34. The summed E-state index contributed by atoms with van der Waals surface area (Å²) in [6.45, 7) is 2.87. The Morgan fingerprint density at radius 2 is 1.08 bits per heavy atom. The van der Waals surface area contributed by atoms with Gasteiger partial charge in [-0.1, -0.05) is 114 Å². The number of alkyl halides is 1. The van der Waals surface area contributed by atoms with Crippen LogP contribution in [0.5, 0.6) is 0 Å². The molecule has 0 saturated heterocycles. The Labute approximate surface area is 158 Å². The lowest BCUT2D eigenvalue weighted by Gasteiger charge is -2.36. The maximum Gasteiger partial charge on any atom is 0.143 e. The highest BCUT2D eigenvalue weighted by Gasteiger charge is 2.37. The average molecular weight is 395 g/mol. The molecule has 0 bridgehead atoms. The Morgan fingerprint density at radius 3 is 1.40 bits per heavy atom. The van der Waals surface area contributed by atoms with Crippen LogP contribution in [0.4, 0.5) is 0 Å². The Morgan fingerprint density at radius 1 is 0.720 bits per heavy atom. The molecule has 0 aromatic heterocycles. The summed E-state index contributed by atoms with van der Waals surface area (Å²) in [5, 5.41) is 0.918. The third-order valence-electron chi connectivity index (χ3n) is 4.39. The van der Waals surface area contributed by atoms with Crippen LogP contribution in [-0.4, -0.2) is 11.9 Å². The molecule has 1 nitrogen and oxygen atoms in total. The van der Waals surface area contributed by atoms with E-state index in [2.05, 4.69) is 95.7 Å². The SMILES string of the molecule is C[C@H](CBr)COC(c1ccccc1)(c1ccccc1)c1ccccc1. The third-order valence-corrected chi connectivity index (χ3v) is 5.49. The molecular formula is C23H23BrO. The maximum atomic E-state index is 6.71. The van der Waals surface area contributed by atoms with Crippen molar-refractivity contribution in [3.05, 3.63) is 108 Å². The van der Waals surface area contributed by atoms with Crippen LogP contribution in [0.1, 0.15) is 23.6 Å². The summed E-state index contributed by atoms with van der Waals surface area (Å²) < 4.78 is 6.71. The molecule has 3 rings (SSSR count). The minimum atomic E-state index is -0.611. The second kappa shape index (κ2) is 8.46. The minimum absolute atomic E-state index is 0.426. The molecule has 3 aromatic rings. The van der Waals surface area contributed by atoms with Crippen molar-refractivity contribution >= 4 is 15.9 Å². The van der Waals surface area contributed by atoms with Crippen molar-refractivity contribution in [3.63, 3.8) is 0 Å². The van der Waals surface area contributed by atoms with Crippen LogP contribution in [-0.2, 0) is 10.3 Å². The monoisotopic (exact) mass is 394 g/mol. The number of halogens is 1. The Hall–Kier alpha value is -1.90. The predicted octanol–water partition coefficient (Wildman–Crippen LogP) is 6.03. The van der Waals surface area contributed by atoms with Gasteiger partial charge in [-0.3, -0.25) is 0 Å². The zero-order chi connectivity index (χ0) is 17.5. The van der Waals surface area contributed by atoms with Crippen molar-refractivity contribution in [2.75, 3.05) is 11.9 Å². The number of benzene rings is 3. The van der Waals surface area contributed by atoms with Gasteiger partial charge in [0.2, 0.25) is 0 Å². The van der Waals surface area contributed by atoms with Gasteiger partial charge in [0.1, 0.15) is 5.60 Å². The van der Waals surface area contributed by atoms with Crippen LogP contribution in [0.2, 0.25) is 0 Å². The quantitative estimate of drug-likeness (QED) is 0.351. The molecule has 3 aromatic carbocycles. The van der Waals surface area contributed by atoms with Gasteiger partial charge in [-0.25, -0.2) is 0 Å². The average Bonchev–Trinajstić information content (AvgIpc) is 2.71. The van der Waals surface area contributed by atoms with E-state index in [4.69, 9.17) is 4.74 Å². The second-order valence-electron chi connectivity index (χ2n) is 6.35. The Balaban J connectivity index is 2.20. The van der Waals surface area contributed by atoms with E-state index in [1.807, 2.05) is 18.2 Å². The number of hydrogen-bond acceptors (Lipinski definition) is 1. The van der Waals surface area contributed by atoms with Gasteiger partial charge < -0.3 is 4.74 Å². The lowest BCUT2D eigenvalue weighted by molar-refractivity contribution is -0.00142. The van der Waals surface area contributed by atoms with Gasteiger partial charge in [-0.05, 0) is 22.6 Å². The largest absolute Gasteiger partial charge is 0.361 e. The van der Waals surface area contributed by atoms with Gasteiger partial charge in [0.05, 0.1) is 6.61 Å². The van der Waals surface area contributed by atoms with Crippen molar-refractivity contribution in [3.8, 4) is 0 Å². The van der Waals surface area contributed by atoms with Crippen LogP contribution >= 0.6 is 15.9 Å². The van der Waals surface area contributed by atoms with E-state index in [1.54, 1.807) is 0 Å². The number of hydrogen-bond donors (Lipinski definition) is 0. The zero-order valence-electron chi connectivity index (χ0n) is 14.4. The molecule has 128 valence electrons. The van der Waals surface area contributed by atoms with E-state index in [0.29, 0.717) is 12.5 Å². The molecule has 0 radical (unpaired) electrons. The molecule has 0 saturated carbocycles. The van der Waals surface area contributed by atoms with E-state index < -0.39 is 5.60 Å². The molecule has 25 heavy (non-hydrogen) atoms. The van der Waals surface area contributed by atoms with Gasteiger partial charge in [0, 0.05) is 5.33 Å². The molecule has 0 unspecified atom stereocenters. The molecule has 0 spiro atoms. The van der Waals surface area contributed by atoms with Gasteiger partial charge in [-0.15, -0.1) is 0 Å². The fourth-order valence-corrected chi connectivity index (χ4v) is 3.27. The summed E-state index contributed by atoms with van der Waals surface area (Å²) in [4.78, 5) is 0. The molecule has 0 fully saturated rings. The molecule has 0 aliphatic rings. The zero-order valence-corrected chi connectivity index (χ0v) is 16.0. The van der Waals surface area contributed by atoms with Crippen molar-refractivity contribution in [2.45, 2.75) is 12.5 Å². The fourth-order valence-electron chi connectivity index (χ4n) is 3.08. The van der Waals surface area contributed by atoms with E-state index >= 15 is 0 Å². The summed E-state index contributed by atoms with van der Waals surface area (Å²) >= 11 is 3.57. The molecule has 0 amide bonds. The smallest absolute Gasteiger partial charge is 0.143 e. The highest BCUT2D eigenvalue weighted by Crippen LogP contribution is 2.40. The first-order valence-corrected chi connectivity index (χ1v) is 9.76. The highest BCUT2D eigenvalue weighted by molar-refractivity contribution is 9.09. The standard InChI is InChI=1S/C23H23BrO/c1-19(17-24)18-25-23(20-11-5-2-6-12-20,21-13-7-3-8-14-21)22-15-9-4-10-16-22/h2-16,19H,17-18H2,1H3/t19-/m1/s1. The van der Waals surface area contributed by atoms with E-state index in [9.17, 15) is 0 Å². The first-order valence-electron chi connectivity index (χ1n) is 8.64. The first kappa shape index (κ1) is 17.9. The van der Waals surface area contributed by atoms with Gasteiger partial charge in [-0.2, -0.15) is 0 Å². The normalized spacial score (nSPS) is 12.7. The fraction of sp³-hybridized carbons (Fsp3) is 0.217. The summed E-state index contributed by atoms with van der Waals surface area (Å²) in [5.74, 6) is 0.426. The third kappa shape index (κ3) is 3.86. The van der Waals surface area contributed by atoms with Crippen LogP contribution in [0.25, 0.3) is 0 Å². The Bertz CT molecular complexity index is 659. The summed E-state index contributed by atoms with van der Waals surface area (Å²) in [7, 11) is 0. The van der Waals surface area contributed by atoms with Crippen molar-refractivity contribution in [1.29, 1.82) is 0 Å². The molecule has 0 heterocycles. The van der Waals surface area contributed by atoms with E-state index in [1.165, 1.54) is 0 Å². The molecular weight excluding hydrogens is 372 g/mol. The van der Waals surface area contributed by atoms with Gasteiger partial charge >= 0.3 is 0 Å². The van der Waals surface area contributed by atoms with Crippen LogP contribution in [0.15, 0.2) is 91.0 Å². The topological polar surface area (TPSA) is 9.23 Å². The van der Waals surface area contributed by atoms with Crippen LogP contribution < -0.4 is 0 Å². The first-order chi connectivity index (χ1) is 12.3. The molecule has 0 aliphatic carbocycles.